The molecule has 7 heteroatoms. The number of nitro groups is 1. The summed E-state index contributed by atoms with van der Waals surface area (Å²) in [7, 11) is 0. The molecular formula is C14H17N5O2. The Morgan fingerprint density at radius 2 is 2.00 bits per heavy atom. The second-order valence-corrected chi connectivity index (χ2v) is 4.90. The number of anilines is 2. The Morgan fingerprint density at radius 3 is 2.57 bits per heavy atom. The predicted molar refractivity (Wildman–Crippen MR) is 80.9 cm³/mol. The summed E-state index contributed by atoms with van der Waals surface area (Å²) in [6.07, 6.45) is 1.15. The molecule has 0 aliphatic heterocycles. The molecule has 0 amide bonds. The molecule has 0 aliphatic rings. The second-order valence-electron chi connectivity index (χ2n) is 4.90. The lowest BCUT2D eigenvalue weighted by Crippen LogP contribution is -2.31. The van der Waals surface area contributed by atoms with Gasteiger partial charge in [0.2, 0.25) is 11.8 Å². The lowest BCUT2D eigenvalue weighted by molar-refractivity contribution is -0.384. The molecule has 110 valence electrons. The number of nitrogens with two attached hydrogens (primary N) is 1. The van der Waals surface area contributed by atoms with E-state index in [9.17, 15) is 10.1 Å². The number of benzene rings is 1. The van der Waals surface area contributed by atoms with Crippen LogP contribution in [0.4, 0.5) is 17.5 Å². The van der Waals surface area contributed by atoms with Crippen LogP contribution in [0.2, 0.25) is 0 Å². The summed E-state index contributed by atoms with van der Waals surface area (Å²) in [5, 5.41) is 11.2. The molecule has 2 rings (SSSR count). The molecule has 21 heavy (non-hydrogen) atoms. The highest BCUT2D eigenvalue weighted by Gasteiger charge is 2.24. The average molecular weight is 287 g/mol. The first kappa shape index (κ1) is 14.7. The minimum Gasteiger partial charge on any atom is -0.368 e. The number of hydrogen-bond acceptors (Lipinski definition) is 6. The van der Waals surface area contributed by atoms with Gasteiger partial charge in [-0.15, -0.1) is 0 Å². The Kier molecular flexibility index (Phi) is 4.32. The monoisotopic (exact) mass is 287 g/mol. The molecule has 7 nitrogen and oxygen atoms in total. The highest BCUT2D eigenvalue weighted by atomic mass is 16.6. The van der Waals surface area contributed by atoms with Gasteiger partial charge in [0.05, 0.1) is 4.92 Å². The third-order valence-electron chi connectivity index (χ3n) is 3.06. The number of nitrogen functional groups attached to an aromatic ring is 1. The summed E-state index contributed by atoms with van der Waals surface area (Å²) in [5.74, 6) is 0.265. The lowest BCUT2D eigenvalue weighted by atomic mass is 10.2. The first-order chi connectivity index (χ1) is 9.99. The van der Waals surface area contributed by atoms with Crippen molar-refractivity contribution in [1.29, 1.82) is 0 Å². The predicted octanol–water partition coefficient (Wildman–Crippen LogP) is 2.38. The Morgan fingerprint density at radius 1 is 1.33 bits per heavy atom. The van der Waals surface area contributed by atoms with Gasteiger partial charge in [-0.05, 0) is 19.4 Å². The third-order valence-corrected chi connectivity index (χ3v) is 3.06. The number of hydrogen-bond donors (Lipinski definition) is 1. The maximum absolute atomic E-state index is 11.2. The second kappa shape index (κ2) is 6.17. The van der Waals surface area contributed by atoms with Crippen molar-refractivity contribution in [2.45, 2.75) is 26.4 Å². The highest BCUT2D eigenvalue weighted by molar-refractivity contribution is 5.59. The van der Waals surface area contributed by atoms with Crippen LogP contribution in [-0.4, -0.2) is 20.9 Å². The van der Waals surface area contributed by atoms with Crippen LogP contribution in [0.3, 0.4) is 0 Å². The van der Waals surface area contributed by atoms with E-state index in [2.05, 4.69) is 9.97 Å². The molecule has 0 atom stereocenters. The van der Waals surface area contributed by atoms with Gasteiger partial charge in [-0.25, -0.2) is 4.98 Å². The quantitative estimate of drug-likeness (QED) is 0.669. The minimum absolute atomic E-state index is 0.0225. The van der Waals surface area contributed by atoms with Gasteiger partial charge >= 0.3 is 5.69 Å². The zero-order valence-corrected chi connectivity index (χ0v) is 11.9. The molecule has 0 radical (unpaired) electrons. The Labute approximate surface area is 122 Å². The SMILES string of the molecule is CC(C)N(Cc1ccccc1)c1nc(N)ncc1[N+](=O)[O-]. The molecule has 1 aromatic heterocycles. The van der Waals surface area contributed by atoms with E-state index in [1.807, 2.05) is 49.1 Å². The molecule has 0 unspecified atom stereocenters. The molecule has 2 aromatic rings. The lowest BCUT2D eigenvalue weighted by Gasteiger charge is -2.27. The van der Waals surface area contributed by atoms with E-state index in [1.165, 1.54) is 0 Å². The molecule has 1 heterocycles. The summed E-state index contributed by atoms with van der Waals surface area (Å²) in [5.41, 5.74) is 6.48. The van der Waals surface area contributed by atoms with Crippen molar-refractivity contribution in [1.82, 2.24) is 9.97 Å². The Bertz CT molecular complexity index is 631. The first-order valence-corrected chi connectivity index (χ1v) is 6.56. The maximum atomic E-state index is 11.2. The summed E-state index contributed by atoms with van der Waals surface area (Å²) in [6, 6.07) is 9.73. The van der Waals surface area contributed by atoms with Crippen molar-refractivity contribution in [3.63, 3.8) is 0 Å². The Balaban J connectivity index is 2.43. The van der Waals surface area contributed by atoms with E-state index < -0.39 is 4.92 Å². The largest absolute Gasteiger partial charge is 0.368 e. The van der Waals surface area contributed by atoms with Crippen LogP contribution < -0.4 is 10.6 Å². The fourth-order valence-corrected chi connectivity index (χ4v) is 2.00. The van der Waals surface area contributed by atoms with Crippen molar-refractivity contribution in [3.8, 4) is 0 Å². The van der Waals surface area contributed by atoms with E-state index in [4.69, 9.17) is 5.73 Å². The van der Waals surface area contributed by atoms with E-state index in [0.29, 0.717) is 6.54 Å². The normalized spacial score (nSPS) is 10.6. The third kappa shape index (κ3) is 3.44. The Hall–Kier alpha value is -2.70. The molecule has 1 aromatic carbocycles. The molecular weight excluding hydrogens is 270 g/mol. The molecule has 0 saturated heterocycles. The standard InChI is InChI=1S/C14H17N5O2/c1-10(2)18(9-11-6-4-3-5-7-11)13-12(19(20)21)8-16-14(15)17-13/h3-8,10H,9H2,1-2H3,(H2,15,16,17). The molecule has 0 aliphatic carbocycles. The molecule has 2 N–H and O–H groups in total. The van der Waals surface area contributed by atoms with Crippen molar-refractivity contribution in [3.05, 3.63) is 52.2 Å². The van der Waals surface area contributed by atoms with E-state index in [-0.39, 0.29) is 23.5 Å². The fraction of sp³-hybridized carbons (Fsp3) is 0.286. The zero-order chi connectivity index (χ0) is 15.4. The van der Waals surface area contributed by atoms with Gasteiger partial charge in [-0.2, -0.15) is 4.98 Å². The van der Waals surface area contributed by atoms with Gasteiger partial charge in [0.25, 0.3) is 0 Å². The van der Waals surface area contributed by atoms with Crippen LogP contribution >= 0.6 is 0 Å². The van der Waals surface area contributed by atoms with Crippen LogP contribution in [0.1, 0.15) is 19.4 Å². The zero-order valence-electron chi connectivity index (χ0n) is 11.9. The van der Waals surface area contributed by atoms with Crippen LogP contribution in [0, 0.1) is 10.1 Å². The highest BCUT2D eigenvalue weighted by Crippen LogP contribution is 2.28. The van der Waals surface area contributed by atoms with Gasteiger partial charge in [0, 0.05) is 12.6 Å². The van der Waals surface area contributed by atoms with Gasteiger partial charge in [-0.3, -0.25) is 10.1 Å². The van der Waals surface area contributed by atoms with Crippen LogP contribution in [-0.2, 0) is 6.54 Å². The molecule has 0 fully saturated rings. The van der Waals surface area contributed by atoms with Crippen LogP contribution in [0.5, 0.6) is 0 Å². The number of rotatable bonds is 5. The van der Waals surface area contributed by atoms with Crippen molar-refractivity contribution in [2.75, 3.05) is 10.6 Å². The summed E-state index contributed by atoms with van der Waals surface area (Å²) >= 11 is 0. The van der Waals surface area contributed by atoms with E-state index in [1.54, 1.807) is 0 Å². The molecule has 0 bridgehead atoms. The van der Waals surface area contributed by atoms with Crippen molar-refractivity contribution in [2.24, 2.45) is 0 Å². The van der Waals surface area contributed by atoms with Gasteiger partial charge in [0.1, 0.15) is 6.20 Å². The molecule has 0 spiro atoms. The minimum atomic E-state index is -0.491. The maximum Gasteiger partial charge on any atom is 0.329 e. The van der Waals surface area contributed by atoms with Gasteiger partial charge < -0.3 is 10.6 Å². The van der Waals surface area contributed by atoms with E-state index >= 15 is 0 Å². The van der Waals surface area contributed by atoms with Gasteiger partial charge in [0.15, 0.2) is 0 Å². The van der Waals surface area contributed by atoms with Gasteiger partial charge in [-0.1, -0.05) is 30.3 Å². The first-order valence-electron chi connectivity index (χ1n) is 6.56. The smallest absolute Gasteiger partial charge is 0.329 e. The molecule has 0 saturated carbocycles. The number of aromatic nitrogens is 2. The topological polar surface area (TPSA) is 98.2 Å². The summed E-state index contributed by atoms with van der Waals surface area (Å²) in [4.78, 5) is 20.3. The van der Waals surface area contributed by atoms with Crippen LogP contribution in [0.15, 0.2) is 36.5 Å². The summed E-state index contributed by atoms with van der Waals surface area (Å²) in [6.45, 7) is 4.41. The van der Waals surface area contributed by atoms with Crippen LogP contribution in [0.25, 0.3) is 0 Å². The number of nitrogens with zero attached hydrogens (tertiary/aromatic N) is 4. The van der Waals surface area contributed by atoms with Crippen molar-refractivity contribution >= 4 is 17.5 Å². The average Bonchev–Trinajstić information content (AvgIpc) is 2.45. The van der Waals surface area contributed by atoms with E-state index in [0.717, 1.165) is 11.8 Å². The summed E-state index contributed by atoms with van der Waals surface area (Å²) < 4.78 is 0. The van der Waals surface area contributed by atoms with Crippen molar-refractivity contribution < 1.29 is 4.92 Å². The fourth-order valence-electron chi connectivity index (χ4n) is 2.00.